The normalized spacial score (nSPS) is 11.2. The number of anilines is 1. The molecule has 1 nitrogen and oxygen atoms in total. The van der Waals surface area contributed by atoms with E-state index in [1.807, 2.05) is 0 Å². The van der Waals surface area contributed by atoms with Crippen LogP contribution in [0.25, 0.3) is 12.2 Å². The van der Waals surface area contributed by atoms with Crippen molar-refractivity contribution in [3.63, 3.8) is 0 Å². The Balaban J connectivity index is 2.03. The minimum atomic E-state index is 0.151. The average molecular weight is 471 g/mol. The second-order valence-electron chi connectivity index (χ2n) is 10.5. The molecule has 0 aliphatic rings. The van der Waals surface area contributed by atoms with Gasteiger partial charge in [0.15, 0.2) is 0 Å². The lowest BCUT2D eigenvalue weighted by Gasteiger charge is -2.26. The van der Waals surface area contributed by atoms with E-state index in [1.54, 1.807) is 0 Å². The molecule has 0 N–H and O–H groups in total. The largest absolute Gasteiger partial charge is 0.378 e. The molecule has 0 aliphatic carbocycles. The van der Waals surface area contributed by atoms with Gasteiger partial charge in [-0.25, -0.2) is 0 Å². The maximum absolute atomic E-state index is 2.35. The first-order valence-corrected chi connectivity index (χ1v) is 12.9. The van der Waals surface area contributed by atoms with Gasteiger partial charge in [0, 0.05) is 19.8 Å². The summed E-state index contributed by atoms with van der Waals surface area (Å²) in [6.45, 7) is 13.6. The number of rotatable bonds is 6. The standard InChI is InChI=1S/C34H38BN/c1-23-18-25(3)33(26(4)19-23)35(34-27(5)20-24(2)21-28(34)6)32-17-16-31(36(7)8)22-30(32)15-14-29-12-10-9-11-13-29/h9-22H,1-8H3/b15-14+. The van der Waals surface area contributed by atoms with E-state index in [1.165, 1.54) is 66.6 Å². The Labute approximate surface area is 218 Å². The fourth-order valence-electron chi connectivity index (χ4n) is 5.75. The summed E-state index contributed by atoms with van der Waals surface area (Å²) in [5.41, 5.74) is 15.9. The number of aryl methyl sites for hydroxylation is 6. The molecule has 0 atom stereocenters. The van der Waals surface area contributed by atoms with E-state index < -0.39 is 0 Å². The van der Waals surface area contributed by atoms with Crippen molar-refractivity contribution in [2.45, 2.75) is 41.5 Å². The van der Waals surface area contributed by atoms with E-state index in [-0.39, 0.29) is 6.71 Å². The molecule has 0 fully saturated rings. The van der Waals surface area contributed by atoms with E-state index in [0.29, 0.717) is 0 Å². The summed E-state index contributed by atoms with van der Waals surface area (Å²) >= 11 is 0. The van der Waals surface area contributed by atoms with Gasteiger partial charge in [0.25, 0.3) is 0 Å². The summed E-state index contributed by atoms with van der Waals surface area (Å²) in [4.78, 5) is 2.18. The monoisotopic (exact) mass is 471 g/mol. The van der Waals surface area contributed by atoms with Gasteiger partial charge in [0.2, 0.25) is 6.71 Å². The smallest absolute Gasteiger partial charge is 0.243 e. The molecule has 0 spiro atoms. The Bertz CT molecular complexity index is 1310. The van der Waals surface area contributed by atoms with Crippen molar-refractivity contribution < 1.29 is 0 Å². The molecule has 0 saturated heterocycles. The molecule has 4 aromatic carbocycles. The molecule has 2 heteroatoms. The molecule has 4 aromatic rings. The van der Waals surface area contributed by atoms with Crippen molar-refractivity contribution >= 4 is 40.9 Å². The highest BCUT2D eigenvalue weighted by Gasteiger charge is 2.30. The summed E-state index contributed by atoms with van der Waals surface area (Å²) in [7, 11) is 4.22. The van der Waals surface area contributed by atoms with Crippen molar-refractivity contribution in [1.82, 2.24) is 0 Å². The third kappa shape index (κ3) is 5.33. The Morgan fingerprint density at radius 1 is 0.583 bits per heavy atom. The molecular formula is C34H38BN. The zero-order chi connectivity index (χ0) is 26.0. The predicted octanol–water partition coefficient (Wildman–Crippen LogP) is 6.29. The lowest BCUT2D eigenvalue weighted by molar-refractivity contribution is 1.13. The maximum Gasteiger partial charge on any atom is 0.243 e. The van der Waals surface area contributed by atoms with Crippen LogP contribution in [0.1, 0.15) is 44.5 Å². The van der Waals surface area contributed by atoms with Crippen LogP contribution in [-0.4, -0.2) is 20.8 Å². The van der Waals surface area contributed by atoms with Crippen molar-refractivity contribution in [2.75, 3.05) is 19.0 Å². The summed E-state index contributed by atoms with van der Waals surface area (Å²) in [5, 5.41) is 0. The van der Waals surface area contributed by atoms with E-state index in [4.69, 9.17) is 0 Å². The molecule has 0 radical (unpaired) electrons. The highest BCUT2D eigenvalue weighted by atomic mass is 15.1. The number of hydrogen-bond donors (Lipinski definition) is 0. The van der Waals surface area contributed by atoms with Crippen LogP contribution in [0.4, 0.5) is 5.69 Å². The lowest BCUT2D eigenvalue weighted by Crippen LogP contribution is -2.56. The maximum atomic E-state index is 2.35. The van der Waals surface area contributed by atoms with E-state index in [2.05, 4.69) is 145 Å². The second-order valence-corrected chi connectivity index (χ2v) is 10.5. The second kappa shape index (κ2) is 10.6. The van der Waals surface area contributed by atoms with Crippen LogP contribution < -0.4 is 21.3 Å². The SMILES string of the molecule is Cc1cc(C)c(B(c2ccc(N(C)C)cc2/C=C/c2ccccc2)c2c(C)cc(C)cc2C)c(C)c1. The number of hydrogen-bond acceptors (Lipinski definition) is 1. The van der Waals surface area contributed by atoms with Crippen molar-refractivity contribution in [1.29, 1.82) is 0 Å². The zero-order valence-corrected chi connectivity index (χ0v) is 23.1. The first kappa shape index (κ1) is 25.6. The van der Waals surface area contributed by atoms with Gasteiger partial charge < -0.3 is 4.90 Å². The van der Waals surface area contributed by atoms with Crippen molar-refractivity contribution in [3.8, 4) is 0 Å². The number of benzene rings is 4. The fraction of sp³-hybridized carbons (Fsp3) is 0.235. The molecule has 4 rings (SSSR count). The van der Waals surface area contributed by atoms with E-state index in [0.717, 1.165) is 0 Å². The Morgan fingerprint density at radius 3 is 1.56 bits per heavy atom. The summed E-state index contributed by atoms with van der Waals surface area (Å²) in [5.74, 6) is 0. The van der Waals surface area contributed by atoms with Gasteiger partial charge >= 0.3 is 0 Å². The van der Waals surface area contributed by atoms with Gasteiger partial charge in [-0.2, -0.15) is 0 Å². The molecule has 0 bridgehead atoms. The highest BCUT2D eigenvalue weighted by molar-refractivity contribution is 6.97. The predicted molar refractivity (Wildman–Crippen MR) is 162 cm³/mol. The number of nitrogens with zero attached hydrogens (tertiary/aromatic N) is 1. The molecule has 182 valence electrons. The van der Waals surface area contributed by atoms with Gasteiger partial charge in [-0.3, -0.25) is 0 Å². The van der Waals surface area contributed by atoms with E-state index in [9.17, 15) is 0 Å². The van der Waals surface area contributed by atoms with Crippen LogP contribution in [0.3, 0.4) is 0 Å². The summed E-state index contributed by atoms with van der Waals surface area (Å²) in [6, 6.07) is 26.9. The molecule has 0 amide bonds. The van der Waals surface area contributed by atoms with Gasteiger partial charge in [0.1, 0.15) is 0 Å². The highest BCUT2D eigenvalue weighted by Crippen LogP contribution is 2.19. The quantitative estimate of drug-likeness (QED) is 0.236. The minimum Gasteiger partial charge on any atom is -0.378 e. The Hall–Kier alpha value is -3.52. The van der Waals surface area contributed by atoms with Gasteiger partial charge in [-0.15, -0.1) is 0 Å². The van der Waals surface area contributed by atoms with Crippen LogP contribution in [0, 0.1) is 41.5 Å². The molecule has 36 heavy (non-hydrogen) atoms. The Kier molecular flexibility index (Phi) is 7.55. The first-order chi connectivity index (χ1) is 17.2. The molecule has 0 unspecified atom stereocenters. The lowest BCUT2D eigenvalue weighted by atomic mass is 9.33. The average Bonchev–Trinajstić information content (AvgIpc) is 2.81. The van der Waals surface area contributed by atoms with Crippen LogP contribution >= 0.6 is 0 Å². The third-order valence-corrected chi connectivity index (χ3v) is 7.21. The van der Waals surface area contributed by atoms with Gasteiger partial charge in [-0.05, 0) is 64.8 Å². The summed E-state index contributed by atoms with van der Waals surface area (Å²) in [6.07, 6.45) is 4.53. The molecule has 0 saturated carbocycles. The third-order valence-electron chi connectivity index (χ3n) is 7.21. The summed E-state index contributed by atoms with van der Waals surface area (Å²) < 4.78 is 0. The van der Waals surface area contributed by atoms with Crippen LogP contribution in [0.5, 0.6) is 0 Å². The topological polar surface area (TPSA) is 3.24 Å². The van der Waals surface area contributed by atoms with Crippen molar-refractivity contribution in [2.24, 2.45) is 0 Å². The fourth-order valence-corrected chi connectivity index (χ4v) is 5.75. The molecule has 0 heterocycles. The molecule has 0 aromatic heterocycles. The van der Waals surface area contributed by atoms with Gasteiger partial charge in [-0.1, -0.05) is 123 Å². The van der Waals surface area contributed by atoms with Crippen LogP contribution in [0.15, 0.2) is 72.8 Å². The van der Waals surface area contributed by atoms with Crippen LogP contribution in [-0.2, 0) is 0 Å². The van der Waals surface area contributed by atoms with Gasteiger partial charge in [0.05, 0.1) is 0 Å². The van der Waals surface area contributed by atoms with Crippen molar-refractivity contribution in [3.05, 3.63) is 117 Å². The Morgan fingerprint density at radius 2 is 1.08 bits per heavy atom. The molecule has 0 aliphatic heterocycles. The first-order valence-electron chi connectivity index (χ1n) is 12.9. The minimum absolute atomic E-state index is 0.151. The molecular weight excluding hydrogens is 433 g/mol. The zero-order valence-electron chi connectivity index (χ0n) is 23.1. The van der Waals surface area contributed by atoms with Crippen LogP contribution in [0.2, 0.25) is 0 Å². The van der Waals surface area contributed by atoms with E-state index >= 15 is 0 Å².